The number of hydrogen-bond donors (Lipinski definition) is 1. The Morgan fingerprint density at radius 3 is 3.14 bits per heavy atom. The zero-order valence-electron chi connectivity index (χ0n) is 12.9. The van der Waals surface area contributed by atoms with Gasteiger partial charge in [0.1, 0.15) is 0 Å². The predicted octanol–water partition coefficient (Wildman–Crippen LogP) is 2.33. The fraction of sp³-hybridized carbons (Fsp3) is 0.533. The molecule has 0 unspecified atom stereocenters. The normalized spacial score (nSPS) is 20.6. The standard InChI is InChI=1S/C15H21N5OS/c1-11-6-9-22-10-8-19(11)15(21)16-12(2)14-18-17-13-5-3-4-7-20(13)14/h3-5,7,11-12H,6,8-10H2,1-2H3,(H,16,21)/t11-,12-/m1/s1. The Bertz CT molecular complexity index is 658. The second-order valence-electron chi connectivity index (χ2n) is 5.60. The van der Waals surface area contributed by atoms with E-state index in [1.807, 2.05) is 52.4 Å². The van der Waals surface area contributed by atoms with E-state index < -0.39 is 0 Å². The van der Waals surface area contributed by atoms with E-state index in [1.54, 1.807) is 0 Å². The molecule has 1 N–H and O–H groups in total. The molecule has 3 heterocycles. The molecule has 2 aromatic rings. The number of nitrogens with zero attached hydrogens (tertiary/aromatic N) is 4. The van der Waals surface area contributed by atoms with Crippen LogP contribution in [-0.4, -0.2) is 49.6 Å². The summed E-state index contributed by atoms with van der Waals surface area (Å²) in [5.74, 6) is 2.87. The highest BCUT2D eigenvalue weighted by Gasteiger charge is 2.24. The number of fused-ring (bicyclic) bond motifs is 1. The Labute approximate surface area is 134 Å². The molecule has 0 radical (unpaired) electrons. The summed E-state index contributed by atoms with van der Waals surface area (Å²) in [4.78, 5) is 14.5. The molecular weight excluding hydrogens is 298 g/mol. The van der Waals surface area contributed by atoms with Crippen molar-refractivity contribution in [1.29, 1.82) is 0 Å². The van der Waals surface area contributed by atoms with Gasteiger partial charge in [-0.2, -0.15) is 11.8 Å². The lowest BCUT2D eigenvalue weighted by molar-refractivity contribution is 0.179. The van der Waals surface area contributed by atoms with Gasteiger partial charge in [0, 0.05) is 24.5 Å². The zero-order valence-corrected chi connectivity index (χ0v) is 13.7. The molecule has 118 valence electrons. The summed E-state index contributed by atoms with van der Waals surface area (Å²) in [5.41, 5.74) is 0.790. The first-order valence-corrected chi connectivity index (χ1v) is 8.77. The summed E-state index contributed by atoms with van der Waals surface area (Å²) in [7, 11) is 0. The lowest BCUT2D eigenvalue weighted by atomic mass is 10.2. The van der Waals surface area contributed by atoms with Gasteiger partial charge in [-0.15, -0.1) is 10.2 Å². The van der Waals surface area contributed by atoms with Crippen molar-refractivity contribution >= 4 is 23.4 Å². The van der Waals surface area contributed by atoms with Crippen molar-refractivity contribution in [2.24, 2.45) is 0 Å². The summed E-state index contributed by atoms with van der Waals surface area (Å²) in [6.07, 6.45) is 2.96. The maximum Gasteiger partial charge on any atom is 0.318 e. The Kier molecular flexibility index (Phi) is 4.52. The van der Waals surface area contributed by atoms with Crippen LogP contribution in [-0.2, 0) is 0 Å². The van der Waals surface area contributed by atoms with E-state index in [0.717, 1.165) is 35.9 Å². The molecule has 7 heteroatoms. The van der Waals surface area contributed by atoms with Crippen molar-refractivity contribution in [2.75, 3.05) is 18.1 Å². The Balaban J connectivity index is 1.73. The fourth-order valence-electron chi connectivity index (χ4n) is 2.68. The molecule has 0 aliphatic carbocycles. The molecule has 22 heavy (non-hydrogen) atoms. The number of rotatable bonds is 2. The smallest absolute Gasteiger partial charge is 0.318 e. The fourth-order valence-corrected chi connectivity index (χ4v) is 3.72. The van der Waals surface area contributed by atoms with Gasteiger partial charge in [0.15, 0.2) is 11.5 Å². The number of thioether (sulfide) groups is 1. The third-order valence-corrected chi connectivity index (χ3v) is 5.01. The molecule has 3 rings (SSSR count). The van der Waals surface area contributed by atoms with Gasteiger partial charge in [-0.25, -0.2) is 4.79 Å². The maximum absolute atomic E-state index is 12.6. The first-order valence-electron chi connectivity index (χ1n) is 7.61. The quantitative estimate of drug-likeness (QED) is 0.923. The Hall–Kier alpha value is -1.76. The van der Waals surface area contributed by atoms with E-state index >= 15 is 0 Å². The van der Waals surface area contributed by atoms with E-state index in [9.17, 15) is 4.79 Å². The van der Waals surface area contributed by atoms with Crippen LogP contribution >= 0.6 is 11.8 Å². The first-order chi connectivity index (χ1) is 10.7. The lowest BCUT2D eigenvalue weighted by Crippen LogP contribution is -2.46. The van der Waals surface area contributed by atoms with Gasteiger partial charge in [-0.1, -0.05) is 6.07 Å². The molecule has 6 nitrogen and oxygen atoms in total. The molecule has 2 aromatic heterocycles. The summed E-state index contributed by atoms with van der Waals surface area (Å²) in [6.45, 7) is 4.85. The molecule has 2 amide bonds. The van der Waals surface area contributed by atoms with Gasteiger partial charge in [-0.05, 0) is 38.2 Å². The topological polar surface area (TPSA) is 62.5 Å². The lowest BCUT2D eigenvalue weighted by Gasteiger charge is -2.28. The van der Waals surface area contributed by atoms with E-state index in [0.29, 0.717) is 0 Å². The third-order valence-electron chi connectivity index (χ3n) is 4.02. The number of nitrogens with one attached hydrogen (secondary N) is 1. The number of urea groups is 1. The molecule has 0 saturated carbocycles. The van der Waals surface area contributed by atoms with Crippen LogP contribution in [0.25, 0.3) is 5.65 Å². The summed E-state index contributed by atoms with van der Waals surface area (Å²) in [6, 6.07) is 5.83. The first kappa shape index (κ1) is 15.1. The number of carbonyl (C=O) groups is 1. The van der Waals surface area contributed by atoms with Gasteiger partial charge in [0.25, 0.3) is 0 Å². The highest BCUT2D eigenvalue weighted by atomic mass is 32.2. The number of aromatic nitrogens is 3. The van der Waals surface area contributed by atoms with Crippen LogP contribution in [0.4, 0.5) is 4.79 Å². The molecule has 0 spiro atoms. The molecule has 2 atom stereocenters. The van der Waals surface area contributed by atoms with Crippen LogP contribution in [0.5, 0.6) is 0 Å². The Morgan fingerprint density at radius 2 is 2.27 bits per heavy atom. The van der Waals surface area contributed by atoms with Crippen LogP contribution in [0, 0.1) is 0 Å². The molecular formula is C15H21N5OS. The summed E-state index contributed by atoms with van der Waals surface area (Å²) < 4.78 is 1.91. The Morgan fingerprint density at radius 1 is 1.41 bits per heavy atom. The van der Waals surface area contributed by atoms with Crippen molar-refractivity contribution in [3.63, 3.8) is 0 Å². The SMILES string of the molecule is C[C@@H]1CCSCCN1C(=O)N[C@H](C)c1nnc2ccccn12. The molecule has 0 aromatic carbocycles. The van der Waals surface area contributed by atoms with E-state index in [-0.39, 0.29) is 18.1 Å². The molecule has 1 fully saturated rings. The van der Waals surface area contributed by atoms with Gasteiger partial charge < -0.3 is 10.2 Å². The molecule has 1 aliphatic rings. The summed E-state index contributed by atoms with van der Waals surface area (Å²) >= 11 is 1.91. The number of hydrogen-bond acceptors (Lipinski definition) is 4. The number of amides is 2. The van der Waals surface area contributed by atoms with Gasteiger partial charge in [0.2, 0.25) is 0 Å². The van der Waals surface area contributed by atoms with E-state index in [2.05, 4.69) is 22.4 Å². The monoisotopic (exact) mass is 319 g/mol. The highest BCUT2D eigenvalue weighted by molar-refractivity contribution is 7.99. The van der Waals surface area contributed by atoms with Crippen LogP contribution in [0.15, 0.2) is 24.4 Å². The second kappa shape index (κ2) is 6.56. The van der Waals surface area contributed by atoms with Crippen molar-refractivity contribution in [3.05, 3.63) is 30.2 Å². The second-order valence-corrected chi connectivity index (χ2v) is 6.83. The van der Waals surface area contributed by atoms with Crippen molar-refractivity contribution in [1.82, 2.24) is 24.8 Å². The van der Waals surface area contributed by atoms with Gasteiger partial charge in [0.05, 0.1) is 6.04 Å². The van der Waals surface area contributed by atoms with E-state index in [4.69, 9.17) is 0 Å². The average Bonchev–Trinajstić information content (AvgIpc) is 2.82. The molecule has 0 bridgehead atoms. The minimum Gasteiger partial charge on any atom is -0.328 e. The highest BCUT2D eigenvalue weighted by Crippen LogP contribution is 2.17. The van der Waals surface area contributed by atoms with E-state index in [1.165, 1.54) is 0 Å². The minimum absolute atomic E-state index is 0.0184. The van der Waals surface area contributed by atoms with Crippen LogP contribution in [0.1, 0.15) is 32.1 Å². The van der Waals surface area contributed by atoms with Crippen LogP contribution in [0.3, 0.4) is 0 Å². The maximum atomic E-state index is 12.6. The van der Waals surface area contributed by atoms with Gasteiger partial charge >= 0.3 is 6.03 Å². The predicted molar refractivity (Wildman–Crippen MR) is 88.0 cm³/mol. The molecule has 1 saturated heterocycles. The zero-order chi connectivity index (χ0) is 15.5. The van der Waals surface area contributed by atoms with Crippen molar-refractivity contribution in [3.8, 4) is 0 Å². The largest absolute Gasteiger partial charge is 0.328 e. The molecule has 1 aliphatic heterocycles. The van der Waals surface area contributed by atoms with Gasteiger partial charge in [-0.3, -0.25) is 4.40 Å². The number of pyridine rings is 1. The van der Waals surface area contributed by atoms with Crippen molar-refractivity contribution in [2.45, 2.75) is 32.4 Å². The third kappa shape index (κ3) is 3.04. The van der Waals surface area contributed by atoms with Crippen molar-refractivity contribution < 1.29 is 4.79 Å². The van der Waals surface area contributed by atoms with Crippen LogP contribution in [0.2, 0.25) is 0 Å². The van der Waals surface area contributed by atoms with Crippen LogP contribution < -0.4 is 5.32 Å². The summed E-state index contributed by atoms with van der Waals surface area (Å²) in [5, 5.41) is 11.4. The number of carbonyl (C=O) groups excluding carboxylic acids is 1. The minimum atomic E-state index is -0.187. The average molecular weight is 319 g/mol.